The van der Waals surface area contributed by atoms with Crippen molar-refractivity contribution < 1.29 is 19.1 Å². The Hall–Kier alpha value is -2.41. The smallest absolute Gasteiger partial charge is 0.223 e. The fraction of sp³-hybridized carbons (Fsp3) is 0.571. The molecule has 1 fully saturated rings. The van der Waals surface area contributed by atoms with Gasteiger partial charge in [0, 0.05) is 44.1 Å². The number of ether oxygens (including phenoxy) is 1. The van der Waals surface area contributed by atoms with Crippen molar-refractivity contribution >= 4 is 17.6 Å². The molecule has 1 aliphatic heterocycles. The van der Waals surface area contributed by atoms with Crippen LogP contribution in [0, 0.1) is 0 Å². The van der Waals surface area contributed by atoms with Crippen molar-refractivity contribution in [3.8, 4) is 5.75 Å². The number of nitrogens with zero attached hydrogens (tertiary/aromatic N) is 1. The summed E-state index contributed by atoms with van der Waals surface area (Å²) in [7, 11) is 0. The predicted molar refractivity (Wildman–Crippen MR) is 107 cm³/mol. The molecule has 1 unspecified atom stereocenters. The fourth-order valence-electron chi connectivity index (χ4n) is 3.34. The lowest BCUT2D eigenvalue weighted by molar-refractivity contribution is -0.135. The molecule has 0 spiro atoms. The highest BCUT2D eigenvalue weighted by atomic mass is 16.5. The normalized spacial score (nSPS) is 16.5. The van der Waals surface area contributed by atoms with Gasteiger partial charge in [-0.15, -0.1) is 0 Å². The molecule has 7 heteroatoms. The lowest BCUT2D eigenvalue weighted by atomic mass is 10.0. The molecule has 1 aromatic carbocycles. The van der Waals surface area contributed by atoms with Gasteiger partial charge >= 0.3 is 0 Å². The van der Waals surface area contributed by atoms with Crippen LogP contribution in [0.25, 0.3) is 0 Å². The first-order valence-electron chi connectivity index (χ1n) is 10.0. The molecular formula is C21H31N3O4. The summed E-state index contributed by atoms with van der Waals surface area (Å²) < 4.78 is 5.66. The SMILES string of the molecule is CC(=O)c1ccc(OCCCC(=O)N2CCCCC2CNC(=O)CCN)cc1. The van der Waals surface area contributed by atoms with Crippen molar-refractivity contribution in [1.82, 2.24) is 10.2 Å². The Bertz CT molecular complexity index is 660. The lowest BCUT2D eigenvalue weighted by Crippen LogP contribution is -2.49. The number of nitrogens with one attached hydrogen (secondary N) is 1. The molecule has 28 heavy (non-hydrogen) atoms. The van der Waals surface area contributed by atoms with E-state index < -0.39 is 0 Å². The Kier molecular flexibility index (Phi) is 8.94. The quantitative estimate of drug-likeness (QED) is 0.470. The lowest BCUT2D eigenvalue weighted by Gasteiger charge is -2.36. The zero-order valence-corrected chi connectivity index (χ0v) is 16.6. The van der Waals surface area contributed by atoms with E-state index in [0.29, 0.717) is 50.3 Å². The van der Waals surface area contributed by atoms with Gasteiger partial charge in [-0.3, -0.25) is 14.4 Å². The molecule has 2 amide bonds. The van der Waals surface area contributed by atoms with Crippen LogP contribution in [0.2, 0.25) is 0 Å². The Morgan fingerprint density at radius 3 is 2.61 bits per heavy atom. The second-order valence-corrected chi connectivity index (χ2v) is 7.11. The number of rotatable bonds is 10. The molecular weight excluding hydrogens is 358 g/mol. The Morgan fingerprint density at radius 2 is 1.93 bits per heavy atom. The molecule has 0 aliphatic carbocycles. The number of nitrogens with two attached hydrogens (primary N) is 1. The van der Waals surface area contributed by atoms with E-state index in [1.807, 2.05) is 4.90 Å². The Morgan fingerprint density at radius 1 is 1.18 bits per heavy atom. The molecule has 1 aliphatic rings. The van der Waals surface area contributed by atoms with Gasteiger partial charge in [0.1, 0.15) is 5.75 Å². The molecule has 1 atom stereocenters. The van der Waals surface area contributed by atoms with Crippen molar-refractivity contribution in [1.29, 1.82) is 0 Å². The number of Topliss-reactive ketones (excluding diaryl/α,β-unsaturated/α-hetero) is 1. The molecule has 0 radical (unpaired) electrons. The molecule has 0 aromatic heterocycles. The molecule has 1 saturated heterocycles. The summed E-state index contributed by atoms with van der Waals surface area (Å²) in [6.07, 6.45) is 4.33. The number of benzene rings is 1. The van der Waals surface area contributed by atoms with E-state index in [9.17, 15) is 14.4 Å². The van der Waals surface area contributed by atoms with E-state index in [4.69, 9.17) is 10.5 Å². The Labute approximate surface area is 166 Å². The maximum absolute atomic E-state index is 12.6. The summed E-state index contributed by atoms with van der Waals surface area (Å²) in [5.74, 6) is 0.751. The van der Waals surface area contributed by atoms with Gasteiger partial charge in [0.05, 0.1) is 6.61 Å². The zero-order valence-electron chi connectivity index (χ0n) is 16.6. The molecule has 0 saturated carbocycles. The number of carbonyl (C=O) groups is 3. The molecule has 1 aromatic rings. The van der Waals surface area contributed by atoms with Crippen LogP contribution >= 0.6 is 0 Å². The van der Waals surface area contributed by atoms with Gasteiger partial charge in [-0.2, -0.15) is 0 Å². The first kappa shape index (κ1) is 21.9. The monoisotopic (exact) mass is 389 g/mol. The fourth-order valence-corrected chi connectivity index (χ4v) is 3.34. The van der Waals surface area contributed by atoms with Crippen LogP contribution in [0.4, 0.5) is 0 Å². The number of hydrogen-bond donors (Lipinski definition) is 2. The van der Waals surface area contributed by atoms with Crippen molar-refractivity contribution in [3.63, 3.8) is 0 Å². The van der Waals surface area contributed by atoms with Crippen LogP contribution in [0.15, 0.2) is 24.3 Å². The first-order valence-corrected chi connectivity index (χ1v) is 10.0. The predicted octanol–water partition coefficient (Wildman–Crippen LogP) is 1.89. The van der Waals surface area contributed by atoms with Crippen LogP contribution in [0.3, 0.4) is 0 Å². The number of ketones is 1. The van der Waals surface area contributed by atoms with E-state index in [1.165, 1.54) is 6.92 Å². The van der Waals surface area contributed by atoms with E-state index in [0.717, 1.165) is 25.8 Å². The second kappa shape index (κ2) is 11.4. The van der Waals surface area contributed by atoms with E-state index in [2.05, 4.69) is 5.32 Å². The van der Waals surface area contributed by atoms with Gasteiger partial charge in [0.15, 0.2) is 5.78 Å². The average molecular weight is 389 g/mol. The highest BCUT2D eigenvalue weighted by Gasteiger charge is 2.26. The summed E-state index contributed by atoms with van der Waals surface area (Å²) in [5, 5.41) is 2.88. The van der Waals surface area contributed by atoms with Crippen LogP contribution < -0.4 is 15.8 Å². The summed E-state index contributed by atoms with van der Waals surface area (Å²) in [6, 6.07) is 7.06. The third-order valence-corrected chi connectivity index (χ3v) is 4.92. The summed E-state index contributed by atoms with van der Waals surface area (Å²) in [6.45, 7) is 3.53. The maximum Gasteiger partial charge on any atom is 0.223 e. The second-order valence-electron chi connectivity index (χ2n) is 7.11. The van der Waals surface area contributed by atoms with Crippen LogP contribution in [-0.2, 0) is 9.59 Å². The summed E-state index contributed by atoms with van der Waals surface area (Å²) in [4.78, 5) is 37.4. The number of amides is 2. The number of likely N-dealkylation sites (tertiary alicyclic amines) is 1. The maximum atomic E-state index is 12.6. The molecule has 1 heterocycles. The van der Waals surface area contributed by atoms with Crippen LogP contribution in [0.5, 0.6) is 5.75 Å². The number of hydrogen-bond acceptors (Lipinski definition) is 5. The first-order chi connectivity index (χ1) is 13.5. The molecule has 2 rings (SSSR count). The minimum Gasteiger partial charge on any atom is -0.494 e. The van der Waals surface area contributed by atoms with Gasteiger partial charge in [-0.1, -0.05) is 0 Å². The van der Waals surface area contributed by atoms with Crippen molar-refractivity contribution in [2.45, 2.75) is 51.5 Å². The highest BCUT2D eigenvalue weighted by Crippen LogP contribution is 2.18. The highest BCUT2D eigenvalue weighted by molar-refractivity contribution is 5.94. The largest absolute Gasteiger partial charge is 0.494 e. The van der Waals surface area contributed by atoms with Gasteiger partial charge in [0.25, 0.3) is 0 Å². The average Bonchev–Trinajstić information content (AvgIpc) is 2.70. The molecule has 0 bridgehead atoms. The van der Waals surface area contributed by atoms with E-state index in [1.54, 1.807) is 24.3 Å². The number of piperidine rings is 1. The van der Waals surface area contributed by atoms with Gasteiger partial charge < -0.3 is 20.7 Å². The van der Waals surface area contributed by atoms with Crippen LogP contribution in [0.1, 0.15) is 55.8 Å². The third-order valence-electron chi connectivity index (χ3n) is 4.92. The van der Waals surface area contributed by atoms with Crippen LogP contribution in [-0.4, -0.2) is 54.8 Å². The number of carbonyl (C=O) groups excluding carboxylic acids is 3. The summed E-state index contributed by atoms with van der Waals surface area (Å²) in [5.41, 5.74) is 6.04. The van der Waals surface area contributed by atoms with Crippen molar-refractivity contribution in [2.75, 3.05) is 26.2 Å². The minimum absolute atomic E-state index is 0.0208. The Balaban J connectivity index is 1.73. The minimum atomic E-state index is -0.0651. The van der Waals surface area contributed by atoms with Crippen molar-refractivity contribution in [2.24, 2.45) is 5.73 Å². The molecule has 7 nitrogen and oxygen atoms in total. The van der Waals surface area contributed by atoms with E-state index in [-0.39, 0.29) is 23.6 Å². The van der Waals surface area contributed by atoms with Gasteiger partial charge in [-0.05, 0) is 56.9 Å². The van der Waals surface area contributed by atoms with Crippen molar-refractivity contribution in [3.05, 3.63) is 29.8 Å². The third kappa shape index (κ3) is 6.96. The summed E-state index contributed by atoms with van der Waals surface area (Å²) >= 11 is 0. The standard InChI is InChI=1S/C21H31N3O4/c1-16(25)17-7-9-19(10-8-17)28-14-4-6-21(27)24-13-3-2-5-18(24)15-23-20(26)11-12-22/h7-10,18H,2-6,11-15,22H2,1H3,(H,23,26). The van der Waals surface area contributed by atoms with E-state index >= 15 is 0 Å². The van der Waals surface area contributed by atoms with Gasteiger partial charge in [-0.25, -0.2) is 0 Å². The molecule has 3 N–H and O–H groups in total. The molecule has 154 valence electrons. The topological polar surface area (TPSA) is 102 Å². The zero-order chi connectivity index (χ0) is 20.4. The van der Waals surface area contributed by atoms with Gasteiger partial charge in [0.2, 0.25) is 11.8 Å².